The predicted molar refractivity (Wildman–Crippen MR) is 123 cm³/mol. The van der Waals surface area contributed by atoms with Crippen LogP contribution in [0.2, 0.25) is 0 Å². The number of rotatable bonds is 4. The van der Waals surface area contributed by atoms with Crippen LogP contribution in [0, 0.1) is 0 Å². The maximum Gasteiger partial charge on any atom is 0.266 e. The molecule has 1 aliphatic carbocycles. The maximum atomic E-state index is 13.0. The van der Waals surface area contributed by atoms with Gasteiger partial charge in [-0.15, -0.1) is 0 Å². The van der Waals surface area contributed by atoms with Crippen molar-refractivity contribution in [2.24, 2.45) is 5.16 Å². The second-order valence-electron chi connectivity index (χ2n) is 7.93. The minimum Gasteiger partial charge on any atom is -0.382 e. The number of anilines is 1. The summed E-state index contributed by atoms with van der Waals surface area (Å²) in [5, 5.41) is 4.44. The number of fused-ring (bicyclic) bond motifs is 3. The van der Waals surface area contributed by atoms with E-state index >= 15 is 0 Å². The van der Waals surface area contributed by atoms with Gasteiger partial charge in [0.05, 0.1) is 0 Å². The van der Waals surface area contributed by atoms with E-state index in [9.17, 15) is 4.79 Å². The highest BCUT2D eigenvalue weighted by atomic mass is 16.6. The molecule has 3 aromatic rings. The Morgan fingerprint density at radius 1 is 0.774 bits per heavy atom. The summed E-state index contributed by atoms with van der Waals surface area (Å²) in [5.41, 5.74) is 6.37. The van der Waals surface area contributed by atoms with Gasteiger partial charge in [0.25, 0.3) is 5.91 Å². The molecule has 1 saturated heterocycles. The Labute approximate surface area is 182 Å². The maximum absolute atomic E-state index is 13.0. The van der Waals surface area contributed by atoms with Gasteiger partial charge in [0.1, 0.15) is 5.71 Å². The summed E-state index contributed by atoms with van der Waals surface area (Å²) in [6.45, 7) is 4.78. The molecule has 1 unspecified atom stereocenters. The lowest BCUT2D eigenvalue weighted by Gasteiger charge is -2.36. The SMILES string of the molecule is CC(ON=C1c2ccccc2-c2ccccc21)C(=O)N1CCN(c2ccccc2)CC1. The Hall–Kier alpha value is -3.60. The Morgan fingerprint density at radius 2 is 1.29 bits per heavy atom. The summed E-state index contributed by atoms with van der Waals surface area (Å²) < 4.78 is 0. The van der Waals surface area contributed by atoms with E-state index in [4.69, 9.17) is 4.84 Å². The summed E-state index contributed by atoms with van der Waals surface area (Å²) in [5.74, 6) is -0.0170. The Bertz CT molecular complexity index is 1070. The van der Waals surface area contributed by atoms with Crippen molar-refractivity contribution in [3.63, 3.8) is 0 Å². The monoisotopic (exact) mass is 411 g/mol. The fourth-order valence-electron chi connectivity index (χ4n) is 4.35. The van der Waals surface area contributed by atoms with Gasteiger partial charge < -0.3 is 14.6 Å². The molecule has 0 N–H and O–H groups in total. The van der Waals surface area contributed by atoms with Crippen molar-refractivity contribution in [1.82, 2.24) is 4.90 Å². The third-order valence-corrected chi connectivity index (χ3v) is 6.02. The molecule has 2 aliphatic rings. The average Bonchev–Trinajstić information content (AvgIpc) is 3.16. The molecule has 1 atom stereocenters. The van der Waals surface area contributed by atoms with Crippen LogP contribution in [-0.4, -0.2) is 48.8 Å². The van der Waals surface area contributed by atoms with Gasteiger partial charge in [0.2, 0.25) is 6.10 Å². The van der Waals surface area contributed by atoms with Crippen molar-refractivity contribution in [2.75, 3.05) is 31.1 Å². The molecule has 1 fully saturated rings. The van der Waals surface area contributed by atoms with Gasteiger partial charge >= 0.3 is 0 Å². The lowest BCUT2D eigenvalue weighted by atomic mass is 10.1. The van der Waals surface area contributed by atoms with Crippen LogP contribution in [-0.2, 0) is 9.63 Å². The van der Waals surface area contributed by atoms with E-state index in [1.54, 1.807) is 6.92 Å². The van der Waals surface area contributed by atoms with E-state index in [2.05, 4.69) is 34.3 Å². The molecule has 1 heterocycles. The third-order valence-electron chi connectivity index (χ3n) is 6.02. The molecule has 0 spiro atoms. The molecule has 0 bridgehead atoms. The van der Waals surface area contributed by atoms with Crippen LogP contribution in [0.15, 0.2) is 84.0 Å². The summed E-state index contributed by atoms with van der Waals surface area (Å²) in [6, 6.07) is 26.7. The van der Waals surface area contributed by atoms with Gasteiger partial charge in [-0.05, 0) is 30.2 Å². The molecule has 0 radical (unpaired) electrons. The van der Waals surface area contributed by atoms with E-state index in [0.29, 0.717) is 13.1 Å². The van der Waals surface area contributed by atoms with E-state index in [0.717, 1.165) is 41.1 Å². The quantitative estimate of drug-likeness (QED) is 0.474. The van der Waals surface area contributed by atoms with Gasteiger partial charge in [-0.25, -0.2) is 0 Å². The number of carbonyl (C=O) groups is 1. The molecule has 3 aromatic carbocycles. The number of oxime groups is 1. The summed E-state index contributed by atoms with van der Waals surface area (Å²) >= 11 is 0. The van der Waals surface area contributed by atoms with Crippen molar-refractivity contribution in [3.05, 3.63) is 90.0 Å². The fraction of sp³-hybridized carbons (Fsp3) is 0.231. The fourth-order valence-corrected chi connectivity index (χ4v) is 4.35. The van der Waals surface area contributed by atoms with Crippen LogP contribution in [0.1, 0.15) is 18.1 Å². The van der Waals surface area contributed by atoms with Crippen molar-refractivity contribution >= 4 is 17.3 Å². The average molecular weight is 412 g/mol. The molecule has 0 aromatic heterocycles. The second-order valence-corrected chi connectivity index (χ2v) is 7.93. The summed E-state index contributed by atoms with van der Waals surface area (Å²) in [7, 11) is 0. The van der Waals surface area contributed by atoms with Gasteiger partial charge in [-0.1, -0.05) is 71.9 Å². The van der Waals surface area contributed by atoms with E-state index in [-0.39, 0.29) is 5.91 Å². The number of para-hydroxylation sites is 1. The number of hydrogen-bond donors (Lipinski definition) is 0. The molecule has 1 aliphatic heterocycles. The minimum atomic E-state index is -0.629. The van der Waals surface area contributed by atoms with Gasteiger partial charge in [-0.3, -0.25) is 4.79 Å². The van der Waals surface area contributed by atoms with Gasteiger partial charge in [0, 0.05) is 43.0 Å². The first-order chi connectivity index (χ1) is 15.2. The van der Waals surface area contributed by atoms with Crippen LogP contribution >= 0.6 is 0 Å². The van der Waals surface area contributed by atoms with Crippen LogP contribution in [0.25, 0.3) is 11.1 Å². The first-order valence-corrected chi connectivity index (χ1v) is 10.7. The topological polar surface area (TPSA) is 45.1 Å². The molecule has 156 valence electrons. The molecular formula is C26H25N3O2. The zero-order valence-electron chi connectivity index (χ0n) is 17.6. The molecule has 5 nitrogen and oxygen atoms in total. The van der Waals surface area contributed by atoms with Crippen molar-refractivity contribution in [1.29, 1.82) is 0 Å². The van der Waals surface area contributed by atoms with Gasteiger partial charge in [-0.2, -0.15) is 0 Å². The van der Waals surface area contributed by atoms with Crippen molar-refractivity contribution in [3.8, 4) is 11.1 Å². The lowest BCUT2D eigenvalue weighted by molar-refractivity contribution is -0.142. The molecular weight excluding hydrogens is 386 g/mol. The number of benzene rings is 3. The molecule has 1 amide bonds. The molecule has 5 rings (SSSR count). The molecule has 0 saturated carbocycles. The number of hydrogen-bond acceptors (Lipinski definition) is 4. The number of nitrogens with zero attached hydrogens (tertiary/aromatic N) is 3. The van der Waals surface area contributed by atoms with Crippen LogP contribution < -0.4 is 4.90 Å². The Morgan fingerprint density at radius 3 is 1.87 bits per heavy atom. The normalized spacial score (nSPS) is 15.8. The highest BCUT2D eigenvalue weighted by Crippen LogP contribution is 2.36. The second kappa shape index (κ2) is 8.26. The first kappa shape index (κ1) is 19.4. The number of amides is 1. The lowest BCUT2D eigenvalue weighted by Crippen LogP contribution is -2.51. The number of carbonyl (C=O) groups excluding carboxylic acids is 1. The van der Waals surface area contributed by atoms with Crippen LogP contribution in [0.3, 0.4) is 0 Å². The predicted octanol–water partition coefficient (Wildman–Crippen LogP) is 4.17. The summed E-state index contributed by atoms with van der Waals surface area (Å²) in [4.78, 5) is 22.9. The number of piperazine rings is 1. The van der Waals surface area contributed by atoms with Crippen LogP contribution in [0.4, 0.5) is 5.69 Å². The van der Waals surface area contributed by atoms with E-state index in [1.807, 2.05) is 59.5 Å². The standard InChI is InChI=1S/C26H25N3O2/c1-19(26(30)29-17-15-28(16-18-29)20-9-3-2-4-10-20)31-27-25-23-13-7-5-11-21(23)22-12-6-8-14-24(22)25/h2-14,19H,15-18H2,1H3. The smallest absolute Gasteiger partial charge is 0.266 e. The first-order valence-electron chi connectivity index (χ1n) is 10.7. The highest BCUT2D eigenvalue weighted by molar-refractivity contribution is 6.24. The zero-order valence-corrected chi connectivity index (χ0v) is 17.6. The minimum absolute atomic E-state index is 0.0170. The summed E-state index contributed by atoms with van der Waals surface area (Å²) in [6.07, 6.45) is -0.629. The molecule has 5 heteroatoms. The van der Waals surface area contributed by atoms with Gasteiger partial charge in [0.15, 0.2) is 0 Å². The largest absolute Gasteiger partial charge is 0.382 e. The van der Waals surface area contributed by atoms with E-state index < -0.39 is 6.10 Å². The Balaban J connectivity index is 1.26. The van der Waals surface area contributed by atoms with Crippen molar-refractivity contribution in [2.45, 2.75) is 13.0 Å². The van der Waals surface area contributed by atoms with E-state index in [1.165, 1.54) is 5.69 Å². The zero-order chi connectivity index (χ0) is 21.2. The third kappa shape index (κ3) is 3.67. The van der Waals surface area contributed by atoms with Crippen LogP contribution in [0.5, 0.6) is 0 Å². The Kier molecular flexibility index (Phi) is 5.16. The van der Waals surface area contributed by atoms with Crippen molar-refractivity contribution < 1.29 is 9.63 Å². The highest BCUT2D eigenvalue weighted by Gasteiger charge is 2.28. The molecule has 31 heavy (non-hydrogen) atoms.